The van der Waals surface area contributed by atoms with Crippen molar-refractivity contribution in [2.45, 2.75) is 6.54 Å². The monoisotopic (exact) mass is 360 g/mol. The highest BCUT2D eigenvalue weighted by atomic mass is 79.9. The van der Waals surface area contributed by atoms with Gasteiger partial charge in [-0.2, -0.15) is 4.80 Å². The SMILES string of the molecule is O=C(Cn1nnc(-c2ccccc2Br)n1)c1ccccc1F. The number of aromatic nitrogens is 4. The summed E-state index contributed by atoms with van der Waals surface area (Å²) in [7, 11) is 0. The van der Waals surface area contributed by atoms with Gasteiger partial charge in [-0.15, -0.1) is 10.2 Å². The van der Waals surface area contributed by atoms with Crippen LogP contribution < -0.4 is 0 Å². The lowest BCUT2D eigenvalue weighted by Crippen LogP contribution is -2.14. The molecule has 1 heterocycles. The topological polar surface area (TPSA) is 60.7 Å². The average Bonchev–Trinajstić information content (AvgIpc) is 2.96. The van der Waals surface area contributed by atoms with Crippen LogP contribution in [0.4, 0.5) is 4.39 Å². The molecule has 0 aliphatic heterocycles. The molecule has 22 heavy (non-hydrogen) atoms. The third kappa shape index (κ3) is 2.94. The number of hydrogen-bond acceptors (Lipinski definition) is 4. The second-order valence-electron chi connectivity index (χ2n) is 4.53. The van der Waals surface area contributed by atoms with Gasteiger partial charge in [0.2, 0.25) is 5.82 Å². The molecule has 0 fully saturated rings. The molecule has 5 nitrogen and oxygen atoms in total. The molecule has 0 radical (unpaired) electrons. The van der Waals surface area contributed by atoms with Gasteiger partial charge in [0.25, 0.3) is 0 Å². The third-order valence-electron chi connectivity index (χ3n) is 3.03. The van der Waals surface area contributed by atoms with E-state index < -0.39 is 11.6 Å². The third-order valence-corrected chi connectivity index (χ3v) is 3.72. The van der Waals surface area contributed by atoms with Crippen LogP contribution in [0.1, 0.15) is 10.4 Å². The van der Waals surface area contributed by atoms with Crippen LogP contribution in [0.5, 0.6) is 0 Å². The molecule has 0 saturated carbocycles. The second kappa shape index (κ2) is 6.15. The number of rotatable bonds is 4. The fourth-order valence-corrected chi connectivity index (χ4v) is 2.42. The molecule has 7 heteroatoms. The second-order valence-corrected chi connectivity index (χ2v) is 5.38. The number of Topliss-reactive ketones (excluding diaryl/α,β-unsaturated/α-hetero) is 1. The van der Waals surface area contributed by atoms with E-state index in [1.165, 1.54) is 18.2 Å². The maximum atomic E-state index is 13.6. The summed E-state index contributed by atoms with van der Waals surface area (Å²) in [6, 6.07) is 13.2. The summed E-state index contributed by atoms with van der Waals surface area (Å²) in [5.74, 6) is -0.568. The molecular weight excluding hydrogens is 351 g/mol. The van der Waals surface area contributed by atoms with Crippen LogP contribution >= 0.6 is 15.9 Å². The summed E-state index contributed by atoms with van der Waals surface area (Å²) in [5.41, 5.74) is 0.786. The van der Waals surface area contributed by atoms with Crippen LogP contribution in [0.15, 0.2) is 53.0 Å². The van der Waals surface area contributed by atoms with Gasteiger partial charge in [-0.1, -0.05) is 40.2 Å². The van der Waals surface area contributed by atoms with E-state index in [1.807, 2.05) is 24.3 Å². The molecule has 0 unspecified atom stereocenters. The minimum atomic E-state index is -0.557. The van der Waals surface area contributed by atoms with E-state index in [0.717, 1.165) is 14.8 Å². The van der Waals surface area contributed by atoms with Crippen LogP contribution in [0.25, 0.3) is 11.4 Å². The quantitative estimate of drug-likeness (QED) is 0.670. The predicted molar refractivity (Wildman–Crippen MR) is 81.7 cm³/mol. The van der Waals surface area contributed by atoms with E-state index in [-0.39, 0.29) is 12.1 Å². The van der Waals surface area contributed by atoms with Gasteiger partial charge in [0.05, 0.1) is 5.56 Å². The zero-order valence-corrected chi connectivity index (χ0v) is 12.9. The minimum absolute atomic E-state index is 0.0160. The Morgan fingerprint density at radius 2 is 1.86 bits per heavy atom. The van der Waals surface area contributed by atoms with Crippen molar-refractivity contribution in [3.63, 3.8) is 0 Å². The Bertz CT molecular complexity index is 834. The van der Waals surface area contributed by atoms with Gasteiger partial charge in [-0.3, -0.25) is 4.79 Å². The molecule has 110 valence electrons. The van der Waals surface area contributed by atoms with E-state index in [4.69, 9.17) is 0 Å². The van der Waals surface area contributed by atoms with E-state index >= 15 is 0 Å². The predicted octanol–water partition coefficient (Wildman–Crippen LogP) is 3.12. The van der Waals surface area contributed by atoms with Crippen molar-refractivity contribution < 1.29 is 9.18 Å². The number of tetrazole rings is 1. The molecule has 0 amide bonds. The Hall–Kier alpha value is -2.41. The van der Waals surface area contributed by atoms with Gasteiger partial charge in [-0.25, -0.2) is 4.39 Å². The first-order valence-electron chi connectivity index (χ1n) is 6.45. The van der Waals surface area contributed by atoms with Crippen molar-refractivity contribution >= 4 is 21.7 Å². The van der Waals surface area contributed by atoms with Crippen LogP contribution in [0, 0.1) is 5.82 Å². The number of nitrogens with zero attached hydrogens (tertiary/aromatic N) is 4. The highest BCUT2D eigenvalue weighted by Gasteiger charge is 2.15. The summed E-state index contributed by atoms with van der Waals surface area (Å²) in [4.78, 5) is 13.2. The Morgan fingerprint density at radius 1 is 1.14 bits per heavy atom. The normalized spacial score (nSPS) is 10.6. The van der Waals surface area contributed by atoms with Gasteiger partial charge in [-0.05, 0) is 29.5 Å². The van der Waals surface area contributed by atoms with E-state index in [1.54, 1.807) is 6.07 Å². The Morgan fingerprint density at radius 3 is 2.64 bits per heavy atom. The molecule has 0 aliphatic carbocycles. The van der Waals surface area contributed by atoms with Crippen LogP contribution in [-0.2, 0) is 6.54 Å². The summed E-state index contributed by atoms with van der Waals surface area (Å²) < 4.78 is 14.4. The van der Waals surface area contributed by atoms with Crippen molar-refractivity contribution in [2.24, 2.45) is 0 Å². The summed E-state index contributed by atoms with van der Waals surface area (Å²) in [5, 5.41) is 11.9. The number of halogens is 2. The number of benzene rings is 2. The van der Waals surface area contributed by atoms with Gasteiger partial charge in [0.15, 0.2) is 5.78 Å². The largest absolute Gasteiger partial charge is 0.292 e. The number of hydrogen-bond donors (Lipinski definition) is 0. The fourth-order valence-electron chi connectivity index (χ4n) is 1.96. The van der Waals surface area contributed by atoms with Gasteiger partial charge in [0, 0.05) is 10.0 Å². The number of carbonyl (C=O) groups is 1. The van der Waals surface area contributed by atoms with Crippen molar-refractivity contribution in [3.8, 4) is 11.4 Å². The molecule has 0 bridgehead atoms. The molecule has 0 aliphatic rings. The van der Waals surface area contributed by atoms with Crippen LogP contribution in [-0.4, -0.2) is 26.0 Å². The van der Waals surface area contributed by atoms with Crippen molar-refractivity contribution in [3.05, 3.63) is 64.4 Å². The molecule has 0 atom stereocenters. The molecule has 0 spiro atoms. The molecule has 0 N–H and O–H groups in total. The molecule has 0 saturated heterocycles. The van der Waals surface area contributed by atoms with Crippen LogP contribution in [0.3, 0.4) is 0 Å². The summed E-state index contributed by atoms with van der Waals surface area (Å²) >= 11 is 3.41. The zero-order chi connectivity index (χ0) is 15.5. The molecule has 1 aromatic heterocycles. The van der Waals surface area contributed by atoms with Gasteiger partial charge >= 0.3 is 0 Å². The van der Waals surface area contributed by atoms with E-state index in [2.05, 4.69) is 31.3 Å². The molecule has 2 aromatic carbocycles. The van der Waals surface area contributed by atoms with E-state index in [0.29, 0.717) is 5.82 Å². The van der Waals surface area contributed by atoms with Crippen molar-refractivity contribution in [2.75, 3.05) is 0 Å². The minimum Gasteiger partial charge on any atom is -0.292 e. The Balaban J connectivity index is 1.82. The van der Waals surface area contributed by atoms with Crippen molar-refractivity contribution in [1.82, 2.24) is 20.2 Å². The lowest BCUT2D eigenvalue weighted by molar-refractivity contribution is 0.0957. The number of carbonyl (C=O) groups excluding carboxylic acids is 1. The smallest absolute Gasteiger partial charge is 0.206 e. The molecule has 3 aromatic rings. The van der Waals surface area contributed by atoms with Gasteiger partial charge in [0.1, 0.15) is 12.4 Å². The first-order chi connectivity index (χ1) is 10.6. The maximum Gasteiger partial charge on any atom is 0.206 e. The summed E-state index contributed by atoms with van der Waals surface area (Å²) in [6.07, 6.45) is 0. The maximum absolute atomic E-state index is 13.6. The lowest BCUT2D eigenvalue weighted by Gasteiger charge is -2.01. The average molecular weight is 361 g/mol. The Labute approximate surface area is 133 Å². The Kier molecular flexibility index (Phi) is 4.06. The highest BCUT2D eigenvalue weighted by molar-refractivity contribution is 9.10. The first kappa shape index (κ1) is 14.5. The lowest BCUT2D eigenvalue weighted by atomic mass is 10.1. The van der Waals surface area contributed by atoms with E-state index in [9.17, 15) is 9.18 Å². The fraction of sp³-hybridized carbons (Fsp3) is 0.0667. The van der Waals surface area contributed by atoms with Crippen LogP contribution in [0.2, 0.25) is 0 Å². The van der Waals surface area contributed by atoms with Gasteiger partial charge < -0.3 is 0 Å². The first-order valence-corrected chi connectivity index (χ1v) is 7.25. The number of ketones is 1. The zero-order valence-electron chi connectivity index (χ0n) is 11.3. The molecule has 3 rings (SSSR count). The molecular formula is C15H10BrFN4O. The van der Waals surface area contributed by atoms with Crippen molar-refractivity contribution in [1.29, 1.82) is 0 Å². The standard InChI is InChI=1S/C15H10BrFN4O/c16-12-7-3-1-5-10(12)15-18-20-21(19-15)9-14(22)11-6-2-4-8-13(11)17/h1-8H,9H2. The highest BCUT2D eigenvalue weighted by Crippen LogP contribution is 2.24. The summed E-state index contributed by atoms with van der Waals surface area (Å²) in [6.45, 7) is -0.168.